The molecular formula is C16H17BrFN. The van der Waals surface area contributed by atoms with Crippen LogP contribution >= 0.6 is 15.9 Å². The average Bonchev–Trinajstić information content (AvgIpc) is 2.44. The topological polar surface area (TPSA) is 26.0 Å². The molecular weight excluding hydrogens is 305 g/mol. The van der Waals surface area contributed by atoms with Gasteiger partial charge in [0.05, 0.1) is 4.47 Å². The largest absolute Gasteiger partial charge is 0.324 e. The van der Waals surface area contributed by atoms with E-state index in [1.165, 1.54) is 6.07 Å². The molecule has 2 aromatic carbocycles. The van der Waals surface area contributed by atoms with Gasteiger partial charge in [0.1, 0.15) is 5.82 Å². The van der Waals surface area contributed by atoms with Gasteiger partial charge in [-0.2, -0.15) is 0 Å². The molecule has 2 aromatic rings. The minimum Gasteiger partial charge on any atom is -0.324 e. The predicted molar refractivity (Wildman–Crippen MR) is 80.4 cm³/mol. The second-order valence-corrected chi connectivity index (χ2v) is 5.42. The van der Waals surface area contributed by atoms with Crippen LogP contribution in [0.1, 0.15) is 30.0 Å². The molecule has 0 saturated carbocycles. The Hall–Kier alpha value is -1.19. The zero-order valence-corrected chi connectivity index (χ0v) is 12.2. The summed E-state index contributed by atoms with van der Waals surface area (Å²) in [7, 11) is 0. The van der Waals surface area contributed by atoms with E-state index in [0.29, 0.717) is 4.47 Å². The van der Waals surface area contributed by atoms with Gasteiger partial charge in [-0.1, -0.05) is 42.5 Å². The number of benzene rings is 2. The van der Waals surface area contributed by atoms with Crippen molar-refractivity contribution < 1.29 is 4.39 Å². The van der Waals surface area contributed by atoms with Crippen LogP contribution in [-0.4, -0.2) is 0 Å². The maximum atomic E-state index is 13.4. The number of rotatable bonds is 5. The summed E-state index contributed by atoms with van der Waals surface area (Å²) < 4.78 is 13.9. The Morgan fingerprint density at radius 1 is 1.05 bits per heavy atom. The number of hydrogen-bond donors (Lipinski definition) is 1. The molecule has 0 fully saturated rings. The van der Waals surface area contributed by atoms with E-state index in [1.54, 1.807) is 6.07 Å². The van der Waals surface area contributed by atoms with Crippen LogP contribution in [0.4, 0.5) is 4.39 Å². The van der Waals surface area contributed by atoms with E-state index >= 15 is 0 Å². The Labute approximate surface area is 121 Å². The second kappa shape index (κ2) is 6.83. The van der Waals surface area contributed by atoms with Gasteiger partial charge in [0.15, 0.2) is 0 Å². The van der Waals surface area contributed by atoms with Crippen molar-refractivity contribution >= 4 is 15.9 Å². The van der Waals surface area contributed by atoms with Crippen LogP contribution in [0, 0.1) is 5.82 Å². The lowest BCUT2D eigenvalue weighted by Gasteiger charge is -2.12. The normalized spacial score (nSPS) is 12.4. The van der Waals surface area contributed by atoms with Gasteiger partial charge >= 0.3 is 0 Å². The monoisotopic (exact) mass is 321 g/mol. The highest BCUT2D eigenvalue weighted by Crippen LogP contribution is 2.23. The molecule has 0 saturated heterocycles. The molecule has 0 radical (unpaired) electrons. The highest BCUT2D eigenvalue weighted by Gasteiger charge is 2.08. The van der Waals surface area contributed by atoms with Crippen molar-refractivity contribution in [3.63, 3.8) is 0 Å². The number of hydrogen-bond acceptors (Lipinski definition) is 1. The molecule has 1 nitrogen and oxygen atoms in total. The lowest BCUT2D eigenvalue weighted by atomic mass is 10.00. The van der Waals surface area contributed by atoms with Crippen LogP contribution in [0.2, 0.25) is 0 Å². The summed E-state index contributed by atoms with van der Waals surface area (Å²) in [5, 5.41) is 0. The van der Waals surface area contributed by atoms with Gasteiger partial charge in [-0.25, -0.2) is 4.39 Å². The highest BCUT2D eigenvalue weighted by atomic mass is 79.9. The third-order valence-electron chi connectivity index (χ3n) is 3.22. The Morgan fingerprint density at radius 2 is 1.79 bits per heavy atom. The molecule has 3 heteroatoms. The number of halogens is 2. The Balaban J connectivity index is 1.88. The van der Waals surface area contributed by atoms with E-state index in [-0.39, 0.29) is 11.9 Å². The smallest absolute Gasteiger partial charge is 0.137 e. The molecule has 0 aliphatic rings. The van der Waals surface area contributed by atoms with Crippen molar-refractivity contribution in [2.45, 2.75) is 25.3 Å². The summed E-state index contributed by atoms with van der Waals surface area (Å²) in [4.78, 5) is 0. The van der Waals surface area contributed by atoms with Crippen molar-refractivity contribution in [3.8, 4) is 0 Å². The van der Waals surface area contributed by atoms with Gasteiger partial charge in [-0.15, -0.1) is 0 Å². The number of aryl methyl sites for hydroxylation is 1. The minimum absolute atomic E-state index is 0.0496. The third kappa shape index (κ3) is 3.88. The fraction of sp³-hybridized carbons (Fsp3) is 0.250. The van der Waals surface area contributed by atoms with Crippen LogP contribution in [0.25, 0.3) is 0 Å². The zero-order valence-electron chi connectivity index (χ0n) is 10.7. The molecule has 2 rings (SSSR count). The lowest BCUT2D eigenvalue weighted by molar-refractivity contribution is 0.599. The maximum absolute atomic E-state index is 13.4. The Kier molecular flexibility index (Phi) is 5.11. The average molecular weight is 322 g/mol. The van der Waals surface area contributed by atoms with Crippen LogP contribution in [-0.2, 0) is 6.42 Å². The van der Waals surface area contributed by atoms with Crippen LogP contribution in [0.15, 0.2) is 53.0 Å². The van der Waals surface area contributed by atoms with Crippen molar-refractivity contribution in [1.29, 1.82) is 0 Å². The molecule has 0 aliphatic heterocycles. The molecule has 19 heavy (non-hydrogen) atoms. The molecule has 0 spiro atoms. The van der Waals surface area contributed by atoms with E-state index in [2.05, 4.69) is 15.9 Å². The molecule has 0 aromatic heterocycles. The quantitative estimate of drug-likeness (QED) is 0.855. The van der Waals surface area contributed by atoms with Gasteiger partial charge < -0.3 is 5.73 Å². The SMILES string of the molecule is NC(CCCc1cccc(F)c1Br)c1ccccc1. The molecule has 2 N–H and O–H groups in total. The molecule has 0 amide bonds. The van der Waals surface area contributed by atoms with Crippen molar-refractivity contribution in [2.24, 2.45) is 5.73 Å². The molecule has 0 bridgehead atoms. The van der Waals surface area contributed by atoms with E-state index in [0.717, 1.165) is 30.4 Å². The minimum atomic E-state index is -0.204. The summed E-state index contributed by atoms with van der Waals surface area (Å²) >= 11 is 3.29. The second-order valence-electron chi connectivity index (χ2n) is 4.62. The first-order chi connectivity index (χ1) is 9.18. The summed E-state index contributed by atoms with van der Waals surface area (Å²) in [6.07, 6.45) is 2.67. The van der Waals surface area contributed by atoms with Gasteiger partial charge in [-0.05, 0) is 52.4 Å². The predicted octanol–water partition coefficient (Wildman–Crippen LogP) is 4.61. The first kappa shape index (κ1) is 14.2. The first-order valence-corrected chi connectivity index (χ1v) is 7.21. The maximum Gasteiger partial charge on any atom is 0.137 e. The van der Waals surface area contributed by atoms with Crippen LogP contribution < -0.4 is 5.73 Å². The van der Waals surface area contributed by atoms with E-state index in [9.17, 15) is 4.39 Å². The van der Waals surface area contributed by atoms with E-state index in [4.69, 9.17) is 5.73 Å². The molecule has 100 valence electrons. The van der Waals surface area contributed by atoms with Gasteiger partial charge in [0.2, 0.25) is 0 Å². The van der Waals surface area contributed by atoms with Crippen molar-refractivity contribution in [3.05, 3.63) is 69.9 Å². The summed E-state index contributed by atoms with van der Waals surface area (Å²) in [6.45, 7) is 0. The van der Waals surface area contributed by atoms with Gasteiger partial charge in [0.25, 0.3) is 0 Å². The van der Waals surface area contributed by atoms with E-state index in [1.807, 2.05) is 36.4 Å². The lowest BCUT2D eigenvalue weighted by Crippen LogP contribution is -2.10. The standard InChI is InChI=1S/C16H17BrFN/c17-16-13(8-4-10-14(16)18)9-5-11-15(19)12-6-2-1-3-7-12/h1-4,6-8,10,15H,5,9,11,19H2. The fourth-order valence-corrected chi connectivity index (χ4v) is 2.58. The third-order valence-corrected chi connectivity index (χ3v) is 4.11. The Bertz CT molecular complexity index is 528. The number of nitrogens with two attached hydrogens (primary N) is 1. The van der Waals surface area contributed by atoms with Crippen molar-refractivity contribution in [1.82, 2.24) is 0 Å². The van der Waals surface area contributed by atoms with Crippen LogP contribution in [0.3, 0.4) is 0 Å². The highest BCUT2D eigenvalue weighted by molar-refractivity contribution is 9.10. The molecule has 0 aliphatic carbocycles. The molecule has 1 atom stereocenters. The van der Waals surface area contributed by atoms with E-state index < -0.39 is 0 Å². The van der Waals surface area contributed by atoms with Crippen molar-refractivity contribution in [2.75, 3.05) is 0 Å². The molecule has 0 heterocycles. The summed E-state index contributed by atoms with van der Waals surface area (Å²) in [5.41, 5.74) is 8.30. The first-order valence-electron chi connectivity index (χ1n) is 6.42. The van der Waals surface area contributed by atoms with Gasteiger partial charge in [0, 0.05) is 6.04 Å². The van der Waals surface area contributed by atoms with Gasteiger partial charge in [-0.3, -0.25) is 0 Å². The Morgan fingerprint density at radius 3 is 2.53 bits per heavy atom. The summed E-state index contributed by atoms with van der Waals surface area (Å²) in [6, 6.07) is 15.3. The summed E-state index contributed by atoms with van der Waals surface area (Å²) in [5.74, 6) is -0.204. The zero-order chi connectivity index (χ0) is 13.7. The fourth-order valence-electron chi connectivity index (χ4n) is 2.12. The molecule has 1 unspecified atom stereocenters. The van der Waals surface area contributed by atoms with Crippen LogP contribution in [0.5, 0.6) is 0 Å².